The monoisotopic (exact) mass is 254 g/mol. The summed E-state index contributed by atoms with van der Waals surface area (Å²) in [7, 11) is 1.36. The Kier molecular flexibility index (Phi) is 4.96. The largest absolute Gasteiger partial charge is 0.469 e. The summed E-state index contributed by atoms with van der Waals surface area (Å²) in [6, 6.07) is 3.32. The fraction of sp³-hybridized carbons (Fsp3) is 0.364. The second-order valence-corrected chi connectivity index (χ2v) is 4.92. The number of thioether (sulfide) groups is 1. The van der Waals surface area contributed by atoms with Crippen molar-refractivity contribution in [2.24, 2.45) is 5.73 Å². The van der Waals surface area contributed by atoms with Crippen molar-refractivity contribution in [3.63, 3.8) is 0 Å². The van der Waals surface area contributed by atoms with E-state index in [-0.39, 0.29) is 11.2 Å². The smallest absolute Gasteiger partial charge is 0.306 e. The topological polar surface area (TPSA) is 82.3 Å². The number of methoxy groups -OCH3 is 1. The van der Waals surface area contributed by atoms with Crippen LogP contribution in [0.25, 0.3) is 0 Å². The highest BCUT2D eigenvalue weighted by Crippen LogP contribution is 2.23. The predicted octanol–water partition coefficient (Wildman–Crippen LogP) is 1.22. The second-order valence-electron chi connectivity index (χ2n) is 3.46. The summed E-state index contributed by atoms with van der Waals surface area (Å²) in [6.07, 6.45) is 1.75. The van der Waals surface area contributed by atoms with E-state index in [1.807, 2.05) is 6.92 Å². The van der Waals surface area contributed by atoms with Crippen LogP contribution in [0.4, 0.5) is 0 Å². The fourth-order valence-electron chi connectivity index (χ4n) is 1.16. The van der Waals surface area contributed by atoms with Crippen molar-refractivity contribution in [1.29, 1.82) is 0 Å². The van der Waals surface area contributed by atoms with Gasteiger partial charge in [-0.25, -0.2) is 4.98 Å². The van der Waals surface area contributed by atoms with Crippen LogP contribution >= 0.6 is 11.8 Å². The fourth-order valence-corrected chi connectivity index (χ4v) is 2.05. The molecule has 0 aliphatic carbocycles. The maximum absolute atomic E-state index is 11.0. The van der Waals surface area contributed by atoms with Crippen molar-refractivity contribution in [3.8, 4) is 0 Å². The Morgan fingerprint density at radius 1 is 1.53 bits per heavy atom. The minimum atomic E-state index is -0.503. The Bertz CT molecular complexity index is 406. The number of nitrogens with two attached hydrogens (primary N) is 1. The first-order chi connectivity index (χ1) is 8.02. The Hall–Kier alpha value is -1.56. The van der Waals surface area contributed by atoms with Gasteiger partial charge in [0.25, 0.3) is 0 Å². The van der Waals surface area contributed by atoms with Gasteiger partial charge < -0.3 is 10.5 Å². The van der Waals surface area contributed by atoms with Gasteiger partial charge in [0.15, 0.2) is 0 Å². The van der Waals surface area contributed by atoms with Gasteiger partial charge in [-0.1, -0.05) is 6.92 Å². The molecule has 1 atom stereocenters. The van der Waals surface area contributed by atoms with Crippen LogP contribution < -0.4 is 5.73 Å². The Morgan fingerprint density at radius 2 is 2.24 bits per heavy atom. The molecule has 0 aliphatic heterocycles. The molecular formula is C11H14N2O3S. The Morgan fingerprint density at radius 3 is 2.71 bits per heavy atom. The quantitative estimate of drug-likeness (QED) is 0.631. The normalized spacial score (nSPS) is 11.9. The number of carbonyl (C=O) groups excluding carboxylic acids is 2. The summed E-state index contributed by atoms with van der Waals surface area (Å²) < 4.78 is 4.58. The van der Waals surface area contributed by atoms with Crippen molar-refractivity contribution >= 4 is 23.6 Å². The number of carbonyl (C=O) groups is 2. The van der Waals surface area contributed by atoms with Crippen molar-refractivity contribution in [3.05, 3.63) is 23.9 Å². The third kappa shape index (κ3) is 4.44. The average molecular weight is 254 g/mol. The zero-order valence-electron chi connectivity index (χ0n) is 9.67. The lowest BCUT2D eigenvalue weighted by Crippen LogP contribution is -2.11. The van der Waals surface area contributed by atoms with Crippen LogP contribution in [-0.2, 0) is 9.53 Å². The lowest BCUT2D eigenvalue weighted by molar-refractivity contribution is -0.140. The molecule has 5 nitrogen and oxygen atoms in total. The minimum Gasteiger partial charge on any atom is -0.469 e. The third-order valence-corrected chi connectivity index (χ3v) is 3.08. The first-order valence-electron chi connectivity index (χ1n) is 5.02. The number of aromatic nitrogens is 1. The van der Waals surface area contributed by atoms with Crippen LogP contribution in [0, 0.1) is 0 Å². The molecule has 17 heavy (non-hydrogen) atoms. The van der Waals surface area contributed by atoms with Gasteiger partial charge in [-0.3, -0.25) is 9.59 Å². The maximum Gasteiger partial charge on any atom is 0.306 e. The number of hydrogen-bond acceptors (Lipinski definition) is 5. The van der Waals surface area contributed by atoms with Crippen molar-refractivity contribution in [2.75, 3.05) is 7.11 Å². The minimum absolute atomic E-state index is 0.0642. The van der Waals surface area contributed by atoms with Crippen LogP contribution in [0.15, 0.2) is 23.4 Å². The average Bonchev–Trinajstić information content (AvgIpc) is 2.29. The van der Waals surface area contributed by atoms with Gasteiger partial charge in [0.2, 0.25) is 5.91 Å². The van der Waals surface area contributed by atoms with E-state index in [1.165, 1.54) is 25.1 Å². The van der Waals surface area contributed by atoms with Crippen molar-refractivity contribution in [2.45, 2.75) is 23.6 Å². The van der Waals surface area contributed by atoms with E-state index in [0.29, 0.717) is 12.0 Å². The standard InChI is InChI=1S/C11H14N2O3S/c1-7(5-10(14)16-2)17-9-4-3-8(6-13-9)11(12)15/h3-4,6-7H,5H2,1-2H3,(H2,12,15). The summed E-state index contributed by atoms with van der Waals surface area (Å²) in [4.78, 5) is 26.0. The highest BCUT2D eigenvalue weighted by atomic mass is 32.2. The van der Waals surface area contributed by atoms with Gasteiger partial charge >= 0.3 is 5.97 Å². The number of pyridine rings is 1. The number of nitrogens with zero attached hydrogens (tertiary/aromatic N) is 1. The third-order valence-electron chi connectivity index (χ3n) is 2.02. The van der Waals surface area contributed by atoms with Gasteiger partial charge in [-0.2, -0.15) is 0 Å². The zero-order chi connectivity index (χ0) is 12.8. The highest BCUT2D eigenvalue weighted by molar-refractivity contribution is 7.99. The molecule has 1 amide bonds. The second kappa shape index (κ2) is 6.24. The lowest BCUT2D eigenvalue weighted by Gasteiger charge is -2.08. The first kappa shape index (κ1) is 13.5. The lowest BCUT2D eigenvalue weighted by atomic mass is 10.3. The van der Waals surface area contributed by atoms with Crippen LogP contribution in [0.3, 0.4) is 0 Å². The maximum atomic E-state index is 11.0. The van der Waals surface area contributed by atoms with Gasteiger partial charge in [0.05, 0.1) is 24.1 Å². The van der Waals surface area contributed by atoms with Crippen LogP contribution in [0.1, 0.15) is 23.7 Å². The van der Waals surface area contributed by atoms with Gasteiger partial charge in [0.1, 0.15) is 0 Å². The van der Waals surface area contributed by atoms with Crippen molar-refractivity contribution in [1.82, 2.24) is 4.98 Å². The van der Waals surface area contributed by atoms with E-state index in [4.69, 9.17) is 5.73 Å². The molecule has 1 rings (SSSR count). The molecule has 1 aromatic heterocycles. The molecule has 0 aliphatic rings. The summed E-state index contributed by atoms with van der Waals surface area (Å²) >= 11 is 1.44. The number of amides is 1. The number of primary amides is 1. The summed E-state index contributed by atoms with van der Waals surface area (Å²) in [5, 5.41) is 0.806. The van der Waals surface area contributed by atoms with Gasteiger partial charge in [-0.05, 0) is 12.1 Å². The van der Waals surface area contributed by atoms with E-state index in [2.05, 4.69) is 9.72 Å². The van der Waals surface area contributed by atoms with Crippen LogP contribution in [-0.4, -0.2) is 29.2 Å². The molecule has 0 fully saturated rings. The Balaban J connectivity index is 2.57. The first-order valence-corrected chi connectivity index (χ1v) is 5.90. The molecule has 0 saturated heterocycles. The molecule has 1 heterocycles. The zero-order valence-corrected chi connectivity index (χ0v) is 10.5. The SMILES string of the molecule is COC(=O)CC(C)Sc1ccc(C(N)=O)cn1. The number of ether oxygens (including phenoxy) is 1. The predicted molar refractivity (Wildman–Crippen MR) is 64.7 cm³/mol. The number of hydrogen-bond donors (Lipinski definition) is 1. The molecule has 0 aromatic carbocycles. The van der Waals surface area contributed by atoms with E-state index in [9.17, 15) is 9.59 Å². The summed E-state index contributed by atoms with van der Waals surface area (Å²) in [5.41, 5.74) is 5.47. The number of esters is 1. The highest BCUT2D eigenvalue weighted by Gasteiger charge is 2.11. The molecule has 0 bridgehead atoms. The van der Waals surface area contributed by atoms with Crippen molar-refractivity contribution < 1.29 is 14.3 Å². The van der Waals surface area contributed by atoms with E-state index in [0.717, 1.165) is 5.03 Å². The van der Waals surface area contributed by atoms with Gasteiger partial charge in [0, 0.05) is 11.4 Å². The molecule has 6 heteroatoms. The van der Waals surface area contributed by atoms with Crippen LogP contribution in [0.5, 0.6) is 0 Å². The summed E-state index contributed by atoms with van der Waals surface area (Å²) in [6.45, 7) is 1.91. The van der Waals surface area contributed by atoms with Gasteiger partial charge in [-0.15, -0.1) is 11.8 Å². The molecule has 1 unspecified atom stereocenters. The van der Waals surface area contributed by atoms with Crippen LogP contribution in [0.2, 0.25) is 0 Å². The number of rotatable bonds is 5. The molecule has 0 radical (unpaired) electrons. The molecule has 92 valence electrons. The van der Waals surface area contributed by atoms with E-state index >= 15 is 0 Å². The summed E-state index contributed by atoms with van der Waals surface area (Å²) in [5.74, 6) is -0.754. The molecule has 0 spiro atoms. The molecule has 0 saturated carbocycles. The van der Waals surface area contributed by atoms with E-state index in [1.54, 1.807) is 12.1 Å². The molecule has 1 aromatic rings. The Labute approximate surface area is 104 Å². The molecule has 2 N–H and O–H groups in total. The molecular weight excluding hydrogens is 240 g/mol. The van der Waals surface area contributed by atoms with E-state index < -0.39 is 5.91 Å².